The van der Waals surface area contributed by atoms with Crippen molar-refractivity contribution in [3.63, 3.8) is 0 Å². The molecule has 1 N–H and O–H groups in total. The van der Waals surface area contributed by atoms with E-state index in [0.717, 1.165) is 36.0 Å². The van der Waals surface area contributed by atoms with Crippen LogP contribution in [0.25, 0.3) is 5.76 Å². The number of nitrogens with zero attached hydrogens (tertiary/aromatic N) is 1. The van der Waals surface area contributed by atoms with Crippen LogP contribution in [0.15, 0.2) is 72.3 Å². The maximum absolute atomic E-state index is 13.5. The van der Waals surface area contributed by atoms with Crippen molar-refractivity contribution < 1.29 is 19.4 Å². The Morgan fingerprint density at radius 3 is 2.26 bits per heavy atom. The molecule has 6 heteroatoms. The Bertz CT molecular complexity index is 1380. The summed E-state index contributed by atoms with van der Waals surface area (Å²) in [6, 6.07) is 19.2. The third-order valence-corrected chi connectivity index (χ3v) is 7.35. The molecule has 1 aliphatic heterocycles. The fraction of sp³-hybridized carbons (Fsp3) is 0.333. The van der Waals surface area contributed by atoms with Gasteiger partial charge in [0, 0.05) is 16.3 Å². The summed E-state index contributed by atoms with van der Waals surface area (Å²) in [5, 5.41) is 11.9. The summed E-state index contributed by atoms with van der Waals surface area (Å²) in [5.74, 6) is -0.982. The van der Waals surface area contributed by atoms with Crippen molar-refractivity contribution in [1.29, 1.82) is 0 Å². The molecule has 204 valence electrons. The van der Waals surface area contributed by atoms with Gasteiger partial charge in [0.2, 0.25) is 0 Å². The van der Waals surface area contributed by atoms with E-state index in [1.807, 2.05) is 37.3 Å². The van der Waals surface area contributed by atoms with Gasteiger partial charge in [-0.05, 0) is 71.8 Å². The Labute approximate surface area is 236 Å². The van der Waals surface area contributed by atoms with Crippen LogP contribution in [0.2, 0.25) is 5.02 Å². The number of Topliss-reactive ketones (excluding diaryl/α,β-unsaturated/α-hetero) is 1. The average Bonchev–Trinajstić information content (AvgIpc) is 3.17. The summed E-state index contributed by atoms with van der Waals surface area (Å²) in [6.45, 7) is 11.0. The molecule has 1 aliphatic rings. The van der Waals surface area contributed by atoms with Crippen molar-refractivity contribution in [2.75, 3.05) is 11.5 Å². The van der Waals surface area contributed by atoms with Crippen LogP contribution in [0.3, 0.4) is 0 Å². The van der Waals surface area contributed by atoms with Crippen molar-refractivity contribution in [1.82, 2.24) is 0 Å². The predicted molar refractivity (Wildman–Crippen MR) is 158 cm³/mol. The lowest BCUT2D eigenvalue weighted by atomic mass is 9.85. The number of carbonyl (C=O) groups excluding carboxylic acids is 2. The highest BCUT2D eigenvalue weighted by atomic mass is 35.5. The largest absolute Gasteiger partial charge is 0.507 e. The fourth-order valence-corrected chi connectivity index (χ4v) is 4.98. The van der Waals surface area contributed by atoms with Gasteiger partial charge in [0.05, 0.1) is 18.2 Å². The van der Waals surface area contributed by atoms with Gasteiger partial charge in [-0.1, -0.05) is 82.5 Å². The first-order chi connectivity index (χ1) is 18.5. The maximum Gasteiger partial charge on any atom is 0.300 e. The lowest BCUT2D eigenvalue weighted by molar-refractivity contribution is -0.132. The lowest BCUT2D eigenvalue weighted by Crippen LogP contribution is -2.30. The number of ketones is 1. The normalized spacial score (nSPS) is 17.1. The summed E-state index contributed by atoms with van der Waals surface area (Å²) in [4.78, 5) is 28.5. The first-order valence-corrected chi connectivity index (χ1v) is 13.8. The van der Waals surface area contributed by atoms with Gasteiger partial charge in [-0.15, -0.1) is 0 Å². The molecule has 1 heterocycles. The molecule has 4 rings (SSSR count). The van der Waals surface area contributed by atoms with Crippen LogP contribution >= 0.6 is 11.6 Å². The molecule has 5 nitrogen and oxygen atoms in total. The first kappa shape index (κ1) is 28.4. The predicted octanol–water partition coefficient (Wildman–Crippen LogP) is 8.14. The molecule has 1 unspecified atom stereocenters. The van der Waals surface area contributed by atoms with Gasteiger partial charge >= 0.3 is 0 Å². The summed E-state index contributed by atoms with van der Waals surface area (Å²) in [5.41, 5.74) is 3.58. The number of anilines is 1. The molecule has 0 aliphatic carbocycles. The van der Waals surface area contributed by atoms with Crippen LogP contribution < -0.4 is 9.64 Å². The van der Waals surface area contributed by atoms with E-state index >= 15 is 0 Å². The van der Waals surface area contributed by atoms with Gasteiger partial charge in [0.1, 0.15) is 11.5 Å². The van der Waals surface area contributed by atoms with Crippen LogP contribution in [-0.2, 0) is 15.0 Å². The average molecular weight is 546 g/mol. The standard InChI is InChI=1S/C33H36ClNO4/c1-6-7-8-19-39-26-17-12-23(13-18-26)30(36)28-29(22-10-14-24(15-11-22)33(3,4)5)35(32(38)31(28)37)27-20-25(34)16-9-21(27)2/h9-18,20,29,36H,6-8,19H2,1-5H3/b30-28+. The number of aryl methyl sites for hydroxylation is 1. The summed E-state index contributed by atoms with van der Waals surface area (Å²) in [6.07, 6.45) is 3.18. The van der Waals surface area contributed by atoms with Crippen molar-refractivity contribution in [3.8, 4) is 5.75 Å². The van der Waals surface area contributed by atoms with E-state index < -0.39 is 17.7 Å². The third-order valence-electron chi connectivity index (χ3n) is 7.11. The molecule has 1 amide bonds. The van der Waals surface area contributed by atoms with Gasteiger partial charge < -0.3 is 9.84 Å². The van der Waals surface area contributed by atoms with Crippen LogP contribution in [0.4, 0.5) is 5.69 Å². The Balaban J connectivity index is 1.81. The Morgan fingerprint density at radius 2 is 1.64 bits per heavy atom. The molecular formula is C33H36ClNO4. The molecule has 1 atom stereocenters. The van der Waals surface area contributed by atoms with Gasteiger partial charge in [0.25, 0.3) is 11.7 Å². The van der Waals surface area contributed by atoms with Gasteiger partial charge in [0.15, 0.2) is 0 Å². The SMILES string of the molecule is CCCCCOc1ccc(/C(O)=C2\C(=O)C(=O)N(c3cc(Cl)ccc3C)C2c2ccc(C(C)(C)C)cc2)cc1. The maximum atomic E-state index is 13.5. The molecule has 1 fully saturated rings. The van der Waals surface area contributed by atoms with Gasteiger partial charge in [-0.3, -0.25) is 14.5 Å². The van der Waals surface area contributed by atoms with E-state index in [4.69, 9.17) is 16.3 Å². The molecule has 39 heavy (non-hydrogen) atoms. The number of ether oxygens (including phenoxy) is 1. The zero-order valence-corrected chi connectivity index (χ0v) is 24.0. The highest BCUT2D eigenvalue weighted by Crippen LogP contribution is 2.44. The molecule has 0 spiro atoms. The second kappa shape index (κ2) is 11.7. The van der Waals surface area contributed by atoms with Crippen molar-refractivity contribution in [2.45, 2.75) is 65.3 Å². The van der Waals surface area contributed by atoms with Crippen LogP contribution in [-0.4, -0.2) is 23.4 Å². The molecule has 1 saturated heterocycles. The summed E-state index contributed by atoms with van der Waals surface area (Å²) >= 11 is 6.31. The number of rotatable bonds is 8. The number of amides is 1. The fourth-order valence-electron chi connectivity index (χ4n) is 4.81. The van der Waals surface area contributed by atoms with E-state index in [1.54, 1.807) is 36.4 Å². The van der Waals surface area contributed by atoms with E-state index in [2.05, 4.69) is 27.7 Å². The minimum atomic E-state index is -0.818. The minimum absolute atomic E-state index is 0.0412. The lowest BCUT2D eigenvalue weighted by Gasteiger charge is -2.28. The molecule has 0 aromatic heterocycles. The van der Waals surface area contributed by atoms with E-state index in [1.165, 1.54) is 4.90 Å². The highest BCUT2D eigenvalue weighted by molar-refractivity contribution is 6.52. The van der Waals surface area contributed by atoms with E-state index in [0.29, 0.717) is 28.6 Å². The monoisotopic (exact) mass is 545 g/mol. The first-order valence-electron chi connectivity index (χ1n) is 13.4. The Kier molecular flexibility index (Phi) is 8.51. The van der Waals surface area contributed by atoms with E-state index in [-0.39, 0.29) is 16.7 Å². The number of hydrogen-bond donors (Lipinski definition) is 1. The Hall–Kier alpha value is -3.57. The van der Waals surface area contributed by atoms with Crippen LogP contribution in [0, 0.1) is 6.92 Å². The number of carbonyl (C=O) groups is 2. The van der Waals surface area contributed by atoms with E-state index in [9.17, 15) is 14.7 Å². The third kappa shape index (κ3) is 6.04. The number of hydrogen-bond acceptors (Lipinski definition) is 4. The number of benzene rings is 3. The molecule has 0 bridgehead atoms. The van der Waals surface area contributed by atoms with Crippen molar-refractivity contribution >= 4 is 34.7 Å². The van der Waals surface area contributed by atoms with Crippen LogP contribution in [0.1, 0.15) is 75.3 Å². The zero-order chi connectivity index (χ0) is 28.3. The van der Waals surface area contributed by atoms with Crippen LogP contribution in [0.5, 0.6) is 5.75 Å². The summed E-state index contributed by atoms with van der Waals surface area (Å²) < 4.78 is 5.80. The molecule has 0 radical (unpaired) electrons. The number of unbranched alkanes of at least 4 members (excludes halogenated alkanes) is 2. The number of halogens is 1. The number of aliphatic hydroxyl groups is 1. The van der Waals surface area contributed by atoms with Crippen molar-refractivity contribution in [2.24, 2.45) is 0 Å². The smallest absolute Gasteiger partial charge is 0.300 e. The second-order valence-corrected chi connectivity index (χ2v) is 11.5. The summed E-state index contributed by atoms with van der Waals surface area (Å²) in [7, 11) is 0. The Morgan fingerprint density at radius 1 is 0.974 bits per heavy atom. The zero-order valence-electron chi connectivity index (χ0n) is 23.3. The number of aliphatic hydroxyl groups excluding tert-OH is 1. The molecule has 3 aromatic rings. The molecule has 0 saturated carbocycles. The second-order valence-electron chi connectivity index (χ2n) is 11.1. The minimum Gasteiger partial charge on any atom is -0.507 e. The molecular weight excluding hydrogens is 510 g/mol. The van der Waals surface area contributed by atoms with Gasteiger partial charge in [-0.25, -0.2) is 0 Å². The van der Waals surface area contributed by atoms with Gasteiger partial charge in [-0.2, -0.15) is 0 Å². The topological polar surface area (TPSA) is 66.8 Å². The quantitative estimate of drug-likeness (QED) is 0.134. The highest BCUT2D eigenvalue weighted by Gasteiger charge is 2.47. The molecule has 3 aromatic carbocycles. The van der Waals surface area contributed by atoms with Crippen molar-refractivity contribution in [3.05, 3.63) is 99.6 Å².